The van der Waals surface area contributed by atoms with E-state index in [9.17, 15) is 8.42 Å². The van der Waals surface area contributed by atoms with Gasteiger partial charge in [0.25, 0.3) is 10.0 Å². The second kappa shape index (κ2) is 7.82. The highest BCUT2D eigenvalue weighted by atomic mass is 35.5. The lowest BCUT2D eigenvalue weighted by Gasteiger charge is -2.08. The third kappa shape index (κ3) is 4.89. The molecule has 9 heteroatoms. The molecule has 0 spiro atoms. The SMILES string of the molecule is Cl.Cl.N=C(N)c1ccnc(NS(=O)(=O)c2ccccc2)c1. The van der Waals surface area contributed by atoms with E-state index in [1.807, 2.05) is 0 Å². The molecule has 0 aliphatic heterocycles. The van der Waals surface area contributed by atoms with Crippen LogP contribution in [-0.2, 0) is 10.0 Å². The first-order chi connectivity index (χ1) is 8.99. The van der Waals surface area contributed by atoms with Crippen LogP contribution in [0.3, 0.4) is 0 Å². The second-order valence-electron chi connectivity index (χ2n) is 3.76. The summed E-state index contributed by atoms with van der Waals surface area (Å²) in [6, 6.07) is 10.9. The van der Waals surface area contributed by atoms with Crippen molar-refractivity contribution >= 4 is 46.5 Å². The molecule has 6 nitrogen and oxygen atoms in total. The molecule has 114 valence electrons. The van der Waals surface area contributed by atoms with E-state index in [1.54, 1.807) is 18.2 Å². The molecule has 21 heavy (non-hydrogen) atoms. The Hall–Kier alpha value is -1.83. The molecule has 0 atom stereocenters. The van der Waals surface area contributed by atoms with E-state index >= 15 is 0 Å². The Morgan fingerprint density at radius 1 is 1.14 bits per heavy atom. The Morgan fingerprint density at radius 3 is 2.33 bits per heavy atom. The standard InChI is InChI=1S/C12H12N4O2S.2ClH/c13-12(14)9-6-7-15-11(8-9)16-19(17,18)10-4-2-1-3-5-10;;/h1-8H,(H3,13,14)(H,15,16);2*1H. The number of nitrogens with two attached hydrogens (primary N) is 1. The number of rotatable bonds is 4. The van der Waals surface area contributed by atoms with Crippen molar-refractivity contribution in [3.8, 4) is 0 Å². The first-order valence-corrected chi connectivity index (χ1v) is 6.86. The van der Waals surface area contributed by atoms with E-state index < -0.39 is 10.0 Å². The summed E-state index contributed by atoms with van der Waals surface area (Å²) in [5, 5.41) is 7.30. The van der Waals surface area contributed by atoms with E-state index in [2.05, 4.69) is 9.71 Å². The fourth-order valence-corrected chi connectivity index (χ4v) is 2.47. The zero-order valence-corrected chi connectivity index (χ0v) is 13.1. The van der Waals surface area contributed by atoms with Crippen LogP contribution in [0.5, 0.6) is 0 Å². The van der Waals surface area contributed by atoms with Crippen LogP contribution in [0.25, 0.3) is 0 Å². The molecule has 1 heterocycles. The topological polar surface area (TPSA) is 109 Å². The van der Waals surface area contributed by atoms with Crippen molar-refractivity contribution in [2.24, 2.45) is 5.73 Å². The molecule has 0 amide bonds. The zero-order valence-electron chi connectivity index (χ0n) is 10.7. The number of benzene rings is 1. The minimum atomic E-state index is -3.68. The normalized spacial score (nSPS) is 9.90. The van der Waals surface area contributed by atoms with Crippen molar-refractivity contribution in [3.05, 3.63) is 54.2 Å². The number of pyridine rings is 1. The van der Waals surface area contributed by atoms with Crippen LogP contribution in [0.1, 0.15) is 5.56 Å². The van der Waals surface area contributed by atoms with Gasteiger partial charge in [-0.2, -0.15) is 0 Å². The number of amidine groups is 1. The number of anilines is 1. The van der Waals surface area contributed by atoms with Crippen molar-refractivity contribution in [1.82, 2.24) is 4.98 Å². The molecular weight excluding hydrogens is 335 g/mol. The molecule has 2 rings (SSSR count). The summed E-state index contributed by atoms with van der Waals surface area (Å²) < 4.78 is 26.4. The summed E-state index contributed by atoms with van der Waals surface area (Å²) >= 11 is 0. The predicted octanol–water partition coefficient (Wildman–Crippen LogP) is 2.01. The Kier molecular flexibility index (Phi) is 7.14. The smallest absolute Gasteiger partial charge is 0.263 e. The number of nitrogen functional groups attached to an aromatic ring is 1. The Bertz CT molecular complexity index is 708. The fraction of sp³-hybridized carbons (Fsp3) is 0. The van der Waals surface area contributed by atoms with Crippen LogP contribution in [0.2, 0.25) is 0 Å². The van der Waals surface area contributed by atoms with E-state index in [0.717, 1.165) is 0 Å². The molecule has 2 aromatic rings. The number of nitrogens with one attached hydrogen (secondary N) is 2. The lowest BCUT2D eigenvalue weighted by atomic mass is 10.2. The molecule has 0 saturated heterocycles. The molecule has 0 aliphatic rings. The Labute approximate surface area is 135 Å². The Morgan fingerprint density at radius 2 is 1.76 bits per heavy atom. The van der Waals surface area contributed by atoms with Crippen molar-refractivity contribution in [2.75, 3.05) is 4.72 Å². The van der Waals surface area contributed by atoms with Crippen molar-refractivity contribution in [1.29, 1.82) is 5.41 Å². The van der Waals surface area contributed by atoms with Gasteiger partial charge in [0.2, 0.25) is 0 Å². The van der Waals surface area contributed by atoms with Gasteiger partial charge in [-0.25, -0.2) is 13.4 Å². The highest BCUT2D eigenvalue weighted by Crippen LogP contribution is 2.14. The summed E-state index contributed by atoms with van der Waals surface area (Å²) in [7, 11) is -3.68. The largest absolute Gasteiger partial charge is 0.384 e. The minimum absolute atomic E-state index is 0. The van der Waals surface area contributed by atoms with Crippen LogP contribution < -0.4 is 10.5 Å². The van der Waals surface area contributed by atoms with Gasteiger partial charge in [0, 0.05) is 11.8 Å². The van der Waals surface area contributed by atoms with Crippen molar-refractivity contribution in [2.45, 2.75) is 4.90 Å². The van der Waals surface area contributed by atoms with Crippen LogP contribution >= 0.6 is 24.8 Å². The van der Waals surface area contributed by atoms with Gasteiger partial charge in [-0.15, -0.1) is 24.8 Å². The van der Waals surface area contributed by atoms with Gasteiger partial charge in [-0.3, -0.25) is 10.1 Å². The van der Waals surface area contributed by atoms with E-state index in [4.69, 9.17) is 11.1 Å². The molecular formula is C12H14Cl2N4O2S. The van der Waals surface area contributed by atoms with Crippen molar-refractivity contribution < 1.29 is 8.42 Å². The van der Waals surface area contributed by atoms with E-state index in [1.165, 1.54) is 30.5 Å². The molecule has 0 radical (unpaired) electrons. The van der Waals surface area contributed by atoms with Crippen LogP contribution in [0.15, 0.2) is 53.6 Å². The van der Waals surface area contributed by atoms with Gasteiger partial charge >= 0.3 is 0 Å². The average molecular weight is 349 g/mol. The number of aromatic nitrogens is 1. The lowest BCUT2D eigenvalue weighted by Crippen LogP contribution is -2.16. The third-order valence-electron chi connectivity index (χ3n) is 2.36. The maximum atomic E-state index is 12.0. The maximum Gasteiger partial charge on any atom is 0.263 e. The molecule has 1 aromatic carbocycles. The number of sulfonamides is 1. The highest BCUT2D eigenvalue weighted by molar-refractivity contribution is 7.92. The number of halogens is 2. The van der Waals surface area contributed by atoms with Gasteiger partial charge in [0.15, 0.2) is 0 Å². The summed E-state index contributed by atoms with van der Waals surface area (Å²) in [6.45, 7) is 0. The van der Waals surface area contributed by atoms with Crippen molar-refractivity contribution in [3.63, 3.8) is 0 Å². The fourth-order valence-electron chi connectivity index (χ4n) is 1.45. The minimum Gasteiger partial charge on any atom is -0.384 e. The lowest BCUT2D eigenvalue weighted by molar-refractivity contribution is 0.601. The van der Waals surface area contributed by atoms with E-state index in [0.29, 0.717) is 5.56 Å². The second-order valence-corrected chi connectivity index (χ2v) is 5.44. The molecule has 0 fully saturated rings. The predicted molar refractivity (Wildman–Crippen MR) is 87.0 cm³/mol. The van der Waals surface area contributed by atoms with Gasteiger partial charge in [-0.1, -0.05) is 18.2 Å². The Balaban J connectivity index is 0.00000200. The van der Waals surface area contributed by atoms with E-state index in [-0.39, 0.29) is 41.4 Å². The average Bonchev–Trinajstić information content (AvgIpc) is 2.39. The summed E-state index contributed by atoms with van der Waals surface area (Å²) in [6.07, 6.45) is 1.39. The van der Waals surface area contributed by atoms with Crippen LogP contribution in [-0.4, -0.2) is 19.2 Å². The molecule has 0 unspecified atom stereocenters. The van der Waals surface area contributed by atoms with Gasteiger partial charge in [-0.05, 0) is 24.3 Å². The third-order valence-corrected chi connectivity index (χ3v) is 3.73. The molecule has 1 aromatic heterocycles. The number of hydrogen-bond donors (Lipinski definition) is 3. The monoisotopic (exact) mass is 348 g/mol. The quantitative estimate of drug-likeness (QED) is 0.579. The molecule has 0 bridgehead atoms. The zero-order chi connectivity index (χ0) is 13.9. The summed E-state index contributed by atoms with van der Waals surface area (Å²) in [5.74, 6) is -0.0286. The maximum absolute atomic E-state index is 12.0. The first-order valence-electron chi connectivity index (χ1n) is 5.37. The summed E-state index contributed by atoms with van der Waals surface area (Å²) in [4.78, 5) is 4.03. The first kappa shape index (κ1) is 19.2. The molecule has 4 N–H and O–H groups in total. The molecule has 0 saturated carbocycles. The number of nitrogens with zero attached hydrogens (tertiary/aromatic N) is 1. The summed E-state index contributed by atoms with van der Waals surface area (Å²) in [5.41, 5.74) is 5.74. The molecule has 0 aliphatic carbocycles. The highest BCUT2D eigenvalue weighted by Gasteiger charge is 2.14. The van der Waals surface area contributed by atoms with Crippen LogP contribution in [0, 0.1) is 5.41 Å². The van der Waals surface area contributed by atoms with Gasteiger partial charge < -0.3 is 5.73 Å². The van der Waals surface area contributed by atoms with Gasteiger partial charge in [0.1, 0.15) is 11.7 Å². The van der Waals surface area contributed by atoms with Gasteiger partial charge in [0.05, 0.1) is 4.90 Å². The van der Waals surface area contributed by atoms with Crippen LogP contribution in [0.4, 0.5) is 5.82 Å². The number of hydrogen-bond acceptors (Lipinski definition) is 4.